The maximum atomic E-state index is 13.3. The first-order valence-electron chi connectivity index (χ1n) is 11.6. The molecule has 2 N–H and O–H groups in total. The first-order valence-corrected chi connectivity index (χ1v) is 11.6. The summed E-state index contributed by atoms with van der Waals surface area (Å²) in [5, 5.41) is 12.7. The predicted octanol–water partition coefficient (Wildman–Crippen LogP) is 4.81. The van der Waals surface area contributed by atoms with E-state index in [0.29, 0.717) is 43.1 Å². The summed E-state index contributed by atoms with van der Waals surface area (Å²) < 4.78 is 73.1. The molecule has 2 fully saturated rings. The van der Waals surface area contributed by atoms with Gasteiger partial charge in [-0.25, -0.2) is 18.7 Å². The molecule has 0 aromatic carbocycles. The van der Waals surface area contributed by atoms with E-state index >= 15 is 0 Å². The molecule has 0 unspecified atom stereocenters. The van der Waals surface area contributed by atoms with Crippen LogP contribution in [-0.4, -0.2) is 57.9 Å². The van der Waals surface area contributed by atoms with Crippen molar-refractivity contribution < 1.29 is 35.9 Å². The van der Waals surface area contributed by atoms with E-state index in [1.165, 1.54) is 24.5 Å². The van der Waals surface area contributed by atoms with E-state index < -0.39 is 24.6 Å². The number of rotatable bonds is 7. The van der Waals surface area contributed by atoms with Crippen molar-refractivity contribution >= 4 is 29.1 Å². The van der Waals surface area contributed by atoms with E-state index in [1.807, 2.05) is 4.90 Å². The SMILES string of the molecule is O=C(Nc1ccc(N2CCC3(CC2)CC(F)(F)C3)nc1)c1nnc(Nc2ccc(OCC(F)(F)F)nc2)o1. The normalized spacial score (nSPS) is 18.1. The Kier molecular flexibility index (Phi) is 6.53. The lowest BCUT2D eigenvalue weighted by Crippen LogP contribution is -2.52. The number of alkyl halides is 5. The van der Waals surface area contributed by atoms with Gasteiger partial charge in [0.25, 0.3) is 0 Å². The molecule has 3 aromatic rings. The molecule has 0 atom stereocenters. The van der Waals surface area contributed by atoms with Gasteiger partial charge in [-0.3, -0.25) is 4.79 Å². The number of piperidine rings is 1. The van der Waals surface area contributed by atoms with Gasteiger partial charge in [-0.2, -0.15) is 13.2 Å². The van der Waals surface area contributed by atoms with Crippen molar-refractivity contribution in [3.05, 3.63) is 42.5 Å². The van der Waals surface area contributed by atoms with Crippen LogP contribution in [0.15, 0.2) is 41.1 Å². The minimum atomic E-state index is -4.48. The quantitative estimate of drug-likeness (QED) is 0.408. The van der Waals surface area contributed by atoms with Gasteiger partial charge in [-0.15, -0.1) is 5.10 Å². The molecule has 3 aromatic heterocycles. The average molecular weight is 539 g/mol. The second-order valence-electron chi connectivity index (χ2n) is 9.38. The number of hydrogen-bond acceptors (Lipinski definition) is 9. The van der Waals surface area contributed by atoms with E-state index in [-0.39, 0.29) is 36.0 Å². The Morgan fingerprint density at radius 3 is 2.34 bits per heavy atom. The van der Waals surface area contributed by atoms with Gasteiger partial charge in [0.1, 0.15) is 5.82 Å². The van der Waals surface area contributed by atoms with E-state index in [0.717, 1.165) is 0 Å². The third-order valence-electron chi connectivity index (χ3n) is 6.41. The molecular weight excluding hydrogens is 517 g/mol. The molecule has 0 radical (unpaired) electrons. The van der Waals surface area contributed by atoms with E-state index in [2.05, 4.69) is 35.5 Å². The largest absolute Gasteiger partial charge is 0.468 e. The van der Waals surface area contributed by atoms with Crippen molar-refractivity contribution in [3.8, 4) is 5.88 Å². The third kappa shape index (κ3) is 6.08. The molecule has 1 amide bonds. The summed E-state index contributed by atoms with van der Waals surface area (Å²) in [4.78, 5) is 22.6. The predicted molar refractivity (Wildman–Crippen MR) is 124 cm³/mol. The number of nitrogens with zero attached hydrogens (tertiary/aromatic N) is 5. The fourth-order valence-corrected chi connectivity index (χ4v) is 4.63. The minimum Gasteiger partial charge on any atom is -0.468 e. The van der Waals surface area contributed by atoms with Crippen LogP contribution in [0.3, 0.4) is 0 Å². The van der Waals surface area contributed by atoms with Gasteiger partial charge in [0.05, 0.1) is 23.8 Å². The van der Waals surface area contributed by atoms with Gasteiger partial charge < -0.3 is 24.7 Å². The third-order valence-corrected chi connectivity index (χ3v) is 6.41. The van der Waals surface area contributed by atoms with Crippen LogP contribution in [0.5, 0.6) is 5.88 Å². The molecule has 10 nitrogen and oxygen atoms in total. The maximum absolute atomic E-state index is 13.3. The molecule has 38 heavy (non-hydrogen) atoms. The molecule has 1 saturated heterocycles. The summed E-state index contributed by atoms with van der Waals surface area (Å²) in [7, 11) is 0. The van der Waals surface area contributed by atoms with Crippen LogP contribution in [0.2, 0.25) is 0 Å². The number of nitrogens with one attached hydrogen (secondary N) is 2. The zero-order chi connectivity index (χ0) is 27.0. The highest BCUT2D eigenvalue weighted by atomic mass is 19.4. The average Bonchev–Trinajstić information content (AvgIpc) is 3.32. The van der Waals surface area contributed by atoms with Gasteiger partial charge >= 0.3 is 24.0 Å². The molecule has 1 saturated carbocycles. The van der Waals surface area contributed by atoms with E-state index in [9.17, 15) is 26.7 Å². The summed E-state index contributed by atoms with van der Waals surface area (Å²) in [6.45, 7) is -0.174. The standard InChI is InChI=1S/C23H22F5N7O3/c24-22(25)11-21(12-22)5-7-35(8-6-21)16-3-1-14(9-29-16)31-18(36)19-33-34-20(38-19)32-15-2-4-17(30-10-15)37-13-23(26,27)28/h1-4,9-10H,5-8,11-13H2,(H,31,36)(H,32,34). The fourth-order valence-electron chi connectivity index (χ4n) is 4.63. The van der Waals surface area contributed by atoms with Gasteiger partial charge in [-0.1, -0.05) is 5.10 Å². The molecule has 202 valence electrons. The van der Waals surface area contributed by atoms with Crippen LogP contribution >= 0.6 is 0 Å². The minimum absolute atomic E-state index is 0.0391. The molecule has 4 heterocycles. The zero-order valence-corrected chi connectivity index (χ0v) is 19.8. The monoisotopic (exact) mass is 539 g/mol. The Morgan fingerprint density at radius 1 is 1.03 bits per heavy atom. The highest BCUT2D eigenvalue weighted by Crippen LogP contribution is 2.57. The molecule has 0 bridgehead atoms. The van der Waals surface area contributed by atoms with Gasteiger partial charge in [0.2, 0.25) is 11.8 Å². The van der Waals surface area contributed by atoms with Gasteiger partial charge in [0.15, 0.2) is 6.61 Å². The fraction of sp³-hybridized carbons (Fsp3) is 0.435. The van der Waals surface area contributed by atoms with Crippen LogP contribution in [0, 0.1) is 5.41 Å². The Bertz CT molecular complexity index is 1260. The van der Waals surface area contributed by atoms with Gasteiger partial charge in [-0.05, 0) is 36.5 Å². The molecule has 5 rings (SSSR count). The maximum Gasteiger partial charge on any atom is 0.422 e. The molecule has 1 aliphatic heterocycles. The number of aromatic nitrogens is 4. The van der Waals surface area contributed by atoms with Crippen LogP contribution in [-0.2, 0) is 0 Å². The second kappa shape index (κ2) is 9.68. The molecule has 1 spiro atoms. The number of amides is 1. The molecular formula is C23H22F5N7O3. The highest BCUT2D eigenvalue weighted by molar-refractivity contribution is 6.00. The van der Waals surface area contributed by atoms with Crippen molar-refractivity contribution in [3.63, 3.8) is 0 Å². The summed E-state index contributed by atoms with van der Waals surface area (Å²) in [5.74, 6) is -3.08. The number of pyridine rings is 2. The molecule has 1 aliphatic carbocycles. The Hall–Kier alpha value is -4.04. The smallest absolute Gasteiger partial charge is 0.422 e. The lowest BCUT2D eigenvalue weighted by molar-refractivity contribution is -0.168. The Morgan fingerprint density at radius 2 is 1.74 bits per heavy atom. The number of carbonyl (C=O) groups is 1. The molecule has 15 heteroatoms. The van der Waals surface area contributed by atoms with Crippen LogP contribution in [0.25, 0.3) is 0 Å². The molecule has 2 aliphatic rings. The summed E-state index contributed by atoms with van der Waals surface area (Å²) >= 11 is 0. The first-order chi connectivity index (χ1) is 18.0. The van der Waals surface area contributed by atoms with Gasteiger partial charge in [0, 0.05) is 32.0 Å². The summed E-state index contributed by atoms with van der Waals surface area (Å²) in [6.07, 6.45) is -0.490. The summed E-state index contributed by atoms with van der Waals surface area (Å²) in [6, 6.07) is 5.87. The Labute approximate surface area is 212 Å². The van der Waals surface area contributed by atoms with Crippen molar-refractivity contribution in [1.82, 2.24) is 20.2 Å². The van der Waals surface area contributed by atoms with Crippen molar-refractivity contribution in [2.75, 3.05) is 35.2 Å². The van der Waals surface area contributed by atoms with Crippen LogP contribution in [0.4, 0.5) is 45.2 Å². The number of hydrogen-bond donors (Lipinski definition) is 2. The number of ether oxygens (including phenoxy) is 1. The number of anilines is 4. The van der Waals surface area contributed by atoms with Crippen molar-refractivity contribution in [1.29, 1.82) is 0 Å². The van der Waals surface area contributed by atoms with Crippen LogP contribution < -0.4 is 20.3 Å². The first kappa shape index (κ1) is 25.6. The number of carbonyl (C=O) groups excluding carboxylic acids is 1. The van der Waals surface area contributed by atoms with Crippen molar-refractivity contribution in [2.45, 2.75) is 37.8 Å². The zero-order valence-electron chi connectivity index (χ0n) is 19.8. The lowest BCUT2D eigenvalue weighted by Gasteiger charge is -2.52. The van der Waals surface area contributed by atoms with E-state index in [1.54, 1.807) is 12.1 Å². The van der Waals surface area contributed by atoms with E-state index in [4.69, 9.17) is 4.42 Å². The van der Waals surface area contributed by atoms with Crippen LogP contribution in [0.1, 0.15) is 36.4 Å². The summed E-state index contributed by atoms with van der Waals surface area (Å²) in [5.41, 5.74) is 0.447. The number of halogens is 5. The second-order valence-corrected chi connectivity index (χ2v) is 9.38. The lowest BCUT2D eigenvalue weighted by atomic mass is 9.61. The Balaban J connectivity index is 1.11. The van der Waals surface area contributed by atoms with Crippen molar-refractivity contribution in [2.24, 2.45) is 5.41 Å². The topological polar surface area (TPSA) is 118 Å². The highest BCUT2D eigenvalue weighted by Gasteiger charge is 2.56.